The van der Waals surface area contributed by atoms with Crippen LogP contribution >= 0.6 is 11.7 Å². The van der Waals surface area contributed by atoms with Crippen LogP contribution in [0.4, 0.5) is 0 Å². The molecule has 2 amide bonds. The van der Waals surface area contributed by atoms with E-state index in [4.69, 9.17) is 5.73 Å². The summed E-state index contributed by atoms with van der Waals surface area (Å²) in [6.07, 6.45) is 1.55. The van der Waals surface area contributed by atoms with Gasteiger partial charge in [-0.1, -0.05) is 30.3 Å². The number of hydrogen-bond donors (Lipinski definition) is 1. The van der Waals surface area contributed by atoms with Crippen molar-refractivity contribution in [2.24, 2.45) is 5.73 Å². The minimum Gasteiger partial charge on any atom is -0.370 e. The Morgan fingerprint density at radius 1 is 1.25 bits per heavy atom. The van der Waals surface area contributed by atoms with Crippen molar-refractivity contribution in [3.05, 3.63) is 47.8 Å². The van der Waals surface area contributed by atoms with Gasteiger partial charge in [-0.2, -0.15) is 8.75 Å². The lowest BCUT2D eigenvalue weighted by atomic mass is 10.2. The number of aromatic nitrogens is 2. The third-order valence-corrected chi connectivity index (χ3v) is 3.19. The minimum absolute atomic E-state index is 0.121. The zero-order valence-corrected chi connectivity index (χ0v) is 11.5. The van der Waals surface area contributed by atoms with E-state index in [1.165, 1.54) is 6.20 Å². The van der Waals surface area contributed by atoms with Crippen molar-refractivity contribution in [1.29, 1.82) is 0 Å². The van der Waals surface area contributed by atoms with Crippen LogP contribution in [0.25, 0.3) is 0 Å². The summed E-state index contributed by atoms with van der Waals surface area (Å²) in [5.41, 5.74) is 6.42. The van der Waals surface area contributed by atoms with Gasteiger partial charge >= 0.3 is 0 Å². The van der Waals surface area contributed by atoms with Gasteiger partial charge in [0.1, 0.15) is 0 Å². The average molecular weight is 290 g/mol. The van der Waals surface area contributed by atoms with Crippen LogP contribution in [0, 0.1) is 0 Å². The zero-order chi connectivity index (χ0) is 14.4. The van der Waals surface area contributed by atoms with Crippen molar-refractivity contribution in [2.75, 3.05) is 6.54 Å². The number of hydrogen-bond acceptors (Lipinski definition) is 5. The maximum Gasteiger partial charge on any atom is 0.275 e. The summed E-state index contributed by atoms with van der Waals surface area (Å²) in [5.74, 6) is -0.684. The van der Waals surface area contributed by atoms with Gasteiger partial charge in [-0.3, -0.25) is 9.59 Å². The summed E-state index contributed by atoms with van der Waals surface area (Å²) in [6, 6.07) is 9.55. The van der Waals surface area contributed by atoms with Crippen molar-refractivity contribution >= 4 is 23.5 Å². The number of rotatable bonds is 6. The van der Waals surface area contributed by atoms with Crippen molar-refractivity contribution < 1.29 is 9.59 Å². The molecule has 0 aliphatic carbocycles. The molecule has 0 unspecified atom stereocenters. The molecule has 6 nitrogen and oxygen atoms in total. The Kier molecular flexibility index (Phi) is 4.78. The SMILES string of the molecule is NC(=O)CCN(Cc1ccccc1)C(=O)c1cnsn1. The number of nitrogens with two attached hydrogens (primary N) is 1. The van der Waals surface area contributed by atoms with E-state index >= 15 is 0 Å². The quantitative estimate of drug-likeness (QED) is 0.861. The third-order valence-electron chi connectivity index (χ3n) is 2.71. The molecule has 1 heterocycles. The Morgan fingerprint density at radius 2 is 2.00 bits per heavy atom. The van der Waals surface area contributed by atoms with E-state index in [1.807, 2.05) is 30.3 Å². The molecule has 104 valence electrons. The molecule has 2 N–H and O–H groups in total. The highest BCUT2D eigenvalue weighted by Gasteiger charge is 2.18. The first kappa shape index (κ1) is 14.1. The lowest BCUT2D eigenvalue weighted by Crippen LogP contribution is -2.33. The van der Waals surface area contributed by atoms with Gasteiger partial charge < -0.3 is 10.6 Å². The summed E-state index contributed by atoms with van der Waals surface area (Å²) in [5, 5.41) is 0. The molecule has 0 aliphatic rings. The fourth-order valence-corrected chi connectivity index (χ4v) is 2.13. The largest absolute Gasteiger partial charge is 0.370 e. The lowest BCUT2D eigenvalue weighted by Gasteiger charge is -2.21. The molecule has 1 aromatic carbocycles. The summed E-state index contributed by atoms with van der Waals surface area (Å²) in [6.45, 7) is 0.672. The Labute approximate surface area is 120 Å². The highest BCUT2D eigenvalue weighted by molar-refractivity contribution is 6.99. The van der Waals surface area contributed by atoms with Gasteiger partial charge in [0, 0.05) is 19.5 Å². The fourth-order valence-electron chi connectivity index (χ4n) is 1.72. The Balaban J connectivity index is 2.12. The molecule has 1 aromatic heterocycles. The van der Waals surface area contributed by atoms with Crippen LogP contribution in [0.1, 0.15) is 22.5 Å². The Hall–Kier alpha value is -2.28. The average Bonchev–Trinajstić information content (AvgIpc) is 2.97. The molecule has 7 heteroatoms. The number of nitrogens with zero attached hydrogens (tertiary/aromatic N) is 3. The highest BCUT2D eigenvalue weighted by atomic mass is 32.1. The third kappa shape index (κ3) is 3.86. The van der Waals surface area contributed by atoms with Crippen molar-refractivity contribution in [3.63, 3.8) is 0 Å². The van der Waals surface area contributed by atoms with Crippen molar-refractivity contribution in [2.45, 2.75) is 13.0 Å². The van der Waals surface area contributed by atoms with E-state index in [1.54, 1.807) is 4.90 Å². The van der Waals surface area contributed by atoms with Gasteiger partial charge in [-0.15, -0.1) is 0 Å². The monoisotopic (exact) mass is 290 g/mol. The molecule has 0 atom stereocenters. The summed E-state index contributed by atoms with van der Waals surface area (Å²) >= 11 is 0.977. The van der Waals surface area contributed by atoms with E-state index in [0.717, 1.165) is 17.3 Å². The number of benzene rings is 1. The normalized spacial score (nSPS) is 10.2. The van der Waals surface area contributed by atoms with Crippen LogP contribution < -0.4 is 5.73 Å². The van der Waals surface area contributed by atoms with Crippen LogP contribution in [0.5, 0.6) is 0 Å². The molecule has 0 saturated heterocycles. The van der Waals surface area contributed by atoms with E-state index in [0.29, 0.717) is 6.54 Å². The van der Waals surface area contributed by atoms with E-state index < -0.39 is 5.91 Å². The molecule has 0 aliphatic heterocycles. The fraction of sp³-hybridized carbons (Fsp3) is 0.231. The summed E-state index contributed by atoms with van der Waals surface area (Å²) < 4.78 is 7.75. The van der Waals surface area contributed by atoms with Crippen LogP contribution in [-0.4, -0.2) is 32.0 Å². The van der Waals surface area contributed by atoms with Crippen molar-refractivity contribution in [3.8, 4) is 0 Å². The maximum absolute atomic E-state index is 12.3. The molecule has 20 heavy (non-hydrogen) atoms. The first-order valence-electron chi connectivity index (χ1n) is 6.06. The molecule has 2 aromatic rings. The van der Waals surface area contributed by atoms with Crippen LogP contribution in [-0.2, 0) is 11.3 Å². The van der Waals surface area contributed by atoms with Gasteiger partial charge in [-0.25, -0.2) is 0 Å². The predicted octanol–water partition coefficient (Wildman–Crippen LogP) is 1.06. The van der Waals surface area contributed by atoms with Gasteiger partial charge in [0.2, 0.25) is 5.91 Å². The molecule has 0 radical (unpaired) electrons. The first-order valence-corrected chi connectivity index (χ1v) is 6.79. The summed E-state index contributed by atoms with van der Waals surface area (Å²) in [4.78, 5) is 24.8. The number of carbonyl (C=O) groups is 2. The second kappa shape index (κ2) is 6.76. The first-order chi connectivity index (χ1) is 9.66. The molecule has 2 rings (SSSR count). The maximum atomic E-state index is 12.3. The van der Waals surface area contributed by atoms with Crippen molar-refractivity contribution in [1.82, 2.24) is 13.6 Å². The molecular formula is C13H14N4O2S. The van der Waals surface area contributed by atoms with E-state index in [2.05, 4.69) is 8.75 Å². The second-order valence-corrected chi connectivity index (χ2v) is 4.78. The molecule has 0 spiro atoms. The predicted molar refractivity (Wildman–Crippen MR) is 74.9 cm³/mol. The van der Waals surface area contributed by atoms with Gasteiger partial charge in [-0.05, 0) is 5.56 Å². The lowest BCUT2D eigenvalue weighted by molar-refractivity contribution is -0.118. The van der Waals surface area contributed by atoms with Gasteiger partial charge in [0.15, 0.2) is 5.69 Å². The van der Waals surface area contributed by atoms with Crippen LogP contribution in [0.2, 0.25) is 0 Å². The standard InChI is InChI=1S/C13H14N4O2S/c14-12(18)6-7-17(9-10-4-2-1-3-5-10)13(19)11-8-15-20-16-11/h1-5,8H,6-7,9H2,(H2,14,18). The number of carbonyl (C=O) groups excluding carboxylic acids is 2. The Bertz CT molecular complexity index is 571. The molecule has 0 bridgehead atoms. The van der Waals surface area contributed by atoms with E-state index in [-0.39, 0.29) is 24.6 Å². The smallest absolute Gasteiger partial charge is 0.275 e. The molecular weight excluding hydrogens is 276 g/mol. The van der Waals surface area contributed by atoms with Crippen LogP contribution in [0.3, 0.4) is 0 Å². The molecule has 0 saturated carbocycles. The number of amides is 2. The topological polar surface area (TPSA) is 89.2 Å². The zero-order valence-electron chi connectivity index (χ0n) is 10.7. The summed E-state index contributed by atoms with van der Waals surface area (Å²) in [7, 11) is 0. The van der Waals surface area contributed by atoms with E-state index in [9.17, 15) is 9.59 Å². The Morgan fingerprint density at radius 3 is 2.60 bits per heavy atom. The van der Waals surface area contributed by atoms with Gasteiger partial charge in [0.05, 0.1) is 17.9 Å². The second-order valence-electron chi connectivity index (χ2n) is 4.22. The highest BCUT2D eigenvalue weighted by Crippen LogP contribution is 2.09. The van der Waals surface area contributed by atoms with Crippen LogP contribution in [0.15, 0.2) is 36.5 Å². The molecule has 0 fully saturated rings. The van der Waals surface area contributed by atoms with Gasteiger partial charge in [0.25, 0.3) is 5.91 Å². The minimum atomic E-state index is -0.438. The number of primary amides is 1.